The Kier molecular flexibility index (Phi) is 3.59. The molecule has 0 unspecified atom stereocenters. The van der Waals surface area contributed by atoms with Gasteiger partial charge in [-0.15, -0.1) is 0 Å². The average molecular weight is 195 g/mol. The first-order valence-electron chi connectivity index (χ1n) is 4.51. The lowest BCUT2D eigenvalue weighted by atomic mass is 10.1. The summed E-state index contributed by atoms with van der Waals surface area (Å²) in [6, 6.07) is 6.62. The lowest BCUT2D eigenvalue weighted by Crippen LogP contribution is -2.03. The van der Waals surface area contributed by atoms with Crippen LogP contribution < -0.4 is 0 Å². The zero-order valence-electron chi connectivity index (χ0n) is 8.01. The minimum absolute atomic E-state index is 0.133. The van der Waals surface area contributed by atoms with Gasteiger partial charge in [0.05, 0.1) is 11.0 Å². The van der Waals surface area contributed by atoms with Gasteiger partial charge in [-0.3, -0.25) is 10.1 Å². The Morgan fingerprint density at radius 3 is 2.71 bits per heavy atom. The van der Waals surface area contributed by atoms with E-state index in [1.54, 1.807) is 25.1 Å². The molecule has 1 N–H and O–H groups in total. The summed E-state index contributed by atoms with van der Waals surface area (Å²) >= 11 is 0. The zero-order chi connectivity index (χ0) is 10.6. The monoisotopic (exact) mass is 195 g/mol. The molecule has 0 aliphatic heterocycles. The summed E-state index contributed by atoms with van der Waals surface area (Å²) in [5.74, 6) is 0. The summed E-state index contributed by atoms with van der Waals surface area (Å²) in [4.78, 5) is 10.2. The molecular formula is C10H13NO3. The molecule has 4 nitrogen and oxygen atoms in total. The van der Waals surface area contributed by atoms with Crippen molar-refractivity contribution in [3.63, 3.8) is 0 Å². The van der Waals surface area contributed by atoms with E-state index < -0.39 is 11.0 Å². The predicted octanol–water partition coefficient (Wildman–Crippen LogP) is 1.91. The van der Waals surface area contributed by atoms with Gasteiger partial charge in [0.15, 0.2) is 0 Å². The summed E-state index contributed by atoms with van der Waals surface area (Å²) in [5.41, 5.74) is 0.812. The van der Waals surface area contributed by atoms with Crippen LogP contribution in [0, 0.1) is 10.1 Å². The summed E-state index contributed by atoms with van der Waals surface area (Å²) in [6.07, 6.45) is 0.662. The second-order valence-electron chi connectivity index (χ2n) is 3.27. The lowest BCUT2D eigenvalue weighted by Gasteiger charge is -2.04. The molecule has 0 saturated carbocycles. The number of aliphatic hydroxyl groups excluding tert-OH is 1. The summed E-state index contributed by atoms with van der Waals surface area (Å²) in [6.45, 7) is 1.68. The molecule has 0 fully saturated rings. The average Bonchev–Trinajstić information content (AvgIpc) is 2.15. The third-order valence-corrected chi connectivity index (χ3v) is 2.02. The number of aliphatic hydroxyl groups is 1. The summed E-state index contributed by atoms with van der Waals surface area (Å²) in [7, 11) is 0. The molecule has 1 aromatic rings. The molecule has 0 bridgehead atoms. The molecule has 1 rings (SSSR count). The highest BCUT2D eigenvalue weighted by atomic mass is 16.6. The molecule has 0 spiro atoms. The Labute approximate surface area is 82.3 Å². The number of nitro groups is 1. The van der Waals surface area contributed by atoms with E-state index >= 15 is 0 Å². The molecule has 1 aromatic carbocycles. The smallest absolute Gasteiger partial charge is 0.272 e. The highest BCUT2D eigenvalue weighted by Crippen LogP contribution is 2.19. The predicted molar refractivity (Wildman–Crippen MR) is 53.1 cm³/mol. The standard InChI is InChI=1S/C10H13NO3/c1-8(12)6-7-9-4-2-3-5-10(9)11(13)14/h2-5,8,12H,6-7H2,1H3/t8-/m0/s1. The van der Waals surface area contributed by atoms with E-state index in [0.29, 0.717) is 18.4 Å². The van der Waals surface area contributed by atoms with Crippen molar-refractivity contribution < 1.29 is 10.0 Å². The van der Waals surface area contributed by atoms with Gasteiger partial charge in [-0.25, -0.2) is 0 Å². The van der Waals surface area contributed by atoms with Gasteiger partial charge in [0, 0.05) is 11.6 Å². The van der Waals surface area contributed by atoms with Crippen molar-refractivity contribution in [2.24, 2.45) is 0 Å². The minimum atomic E-state index is -0.421. The lowest BCUT2D eigenvalue weighted by molar-refractivity contribution is -0.385. The van der Waals surface area contributed by atoms with E-state index in [2.05, 4.69) is 0 Å². The van der Waals surface area contributed by atoms with Crippen LogP contribution in [0.25, 0.3) is 0 Å². The molecule has 0 aromatic heterocycles. The number of nitro benzene ring substituents is 1. The highest BCUT2D eigenvalue weighted by molar-refractivity contribution is 5.39. The first-order valence-corrected chi connectivity index (χ1v) is 4.51. The normalized spacial score (nSPS) is 12.4. The molecule has 0 aliphatic carbocycles. The Hall–Kier alpha value is -1.42. The number of aryl methyl sites for hydroxylation is 1. The summed E-state index contributed by atoms with van der Waals surface area (Å²) < 4.78 is 0. The van der Waals surface area contributed by atoms with Crippen LogP contribution in [-0.4, -0.2) is 16.1 Å². The van der Waals surface area contributed by atoms with Gasteiger partial charge < -0.3 is 5.11 Å². The number of hydrogen-bond donors (Lipinski definition) is 1. The van der Waals surface area contributed by atoms with Crippen LogP contribution in [0.5, 0.6) is 0 Å². The van der Waals surface area contributed by atoms with Gasteiger partial charge in [0.2, 0.25) is 0 Å². The van der Waals surface area contributed by atoms with Crippen LogP contribution in [0.15, 0.2) is 24.3 Å². The van der Waals surface area contributed by atoms with E-state index in [-0.39, 0.29) is 5.69 Å². The molecule has 0 saturated heterocycles. The topological polar surface area (TPSA) is 63.4 Å². The maximum atomic E-state index is 10.6. The maximum Gasteiger partial charge on any atom is 0.272 e. The van der Waals surface area contributed by atoms with Crippen molar-refractivity contribution in [2.75, 3.05) is 0 Å². The number of hydrogen-bond acceptors (Lipinski definition) is 3. The van der Waals surface area contributed by atoms with Crippen LogP contribution in [0.1, 0.15) is 18.9 Å². The molecule has 0 heterocycles. The maximum absolute atomic E-state index is 10.6. The van der Waals surface area contributed by atoms with Crippen molar-refractivity contribution in [1.82, 2.24) is 0 Å². The molecule has 0 amide bonds. The van der Waals surface area contributed by atoms with E-state index in [4.69, 9.17) is 5.11 Å². The van der Waals surface area contributed by atoms with Crippen molar-refractivity contribution in [3.8, 4) is 0 Å². The van der Waals surface area contributed by atoms with Gasteiger partial charge >= 0.3 is 0 Å². The number of rotatable bonds is 4. The second kappa shape index (κ2) is 4.72. The minimum Gasteiger partial charge on any atom is -0.393 e. The third-order valence-electron chi connectivity index (χ3n) is 2.02. The fourth-order valence-electron chi connectivity index (χ4n) is 1.26. The molecule has 76 valence electrons. The number of nitrogens with zero attached hydrogens (tertiary/aromatic N) is 1. The largest absolute Gasteiger partial charge is 0.393 e. The fourth-order valence-corrected chi connectivity index (χ4v) is 1.26. The van der Waals surface area contributed by atoms with E-state index in [1.165, 1.54) is 6.07 Å². The quantitative estimate of drug-likeness (QED) is 0.589. The van der Waals surface area contributed by atoms with Gasteiger partial charge in [0.1, 0.15) is 0 Å². The van der Waals surface area contributed by atoms with Gasteiger partial charge in [-0.05, 0) is 19.8 Å². The Morgan fingerprint density at radius 2 is 2.14 bits per heavy atom. The number of benzene rings is 1. The van der Waals surface area contributed by atoms with Crippen LogP contribution in [-0.2, 0) is 6.42 Å². The van der Waals surface area contributed by atoms with Crippen LogP contribution in [0.3, 0.4) is 0 Å². The van der Waals surface area contributed by atoms with E-state index in [1.807, 2.05) is 0 Å². The SMILES string of the molecule is C[C@H](O)CCc1ccccc1[N+](=O)[O-]. The molecular weight excluding hydrogens is 182 g/mol. The van der Waals surface area contributed by atoms with Gasteiger partial charge in [0.25, 0.3) is 5.69 Å². The van der Waals surface area contributed by atoms with Crippen molar-refractivity contribution in [1.29, 1.82) is 0 Å². The Morgan fingerprint density at radius 1 is 1.50 bits per heavy atom. The van der Waals surface area contributed by atoms with Crippen molar-refractivity contribution in [2.45, 2.75) is 25.9 Å². The van der Waals surface area contributed by atoms with E-state index in [9.17, 15) is 10.1 Å². The molecule has 14 heavy (non-hydrogen) atoms. The Bertz CT molecular complexity index is 323. The summed E-state index contributed by atoms with van der Waals surface area (Å²) in [5, 5.41) is 19.7. The fraction of sp³-hybridized carbons (Fsp3) is 0.400. The first kappa shape index (κ1) is 10.7. The van der Waals surface area contributed by atoms with Crippen molar-refractivity contribution >= 4 is 5.69 Å². The molecule has 0 aliphatic rings. The molecule has 4 heteroatoms. The van der Waals surface area contributed by atoms with Crippen molar-refractivity contribution in [3.05, 3.63) is 39.9 Å². The molecule has 0 radical (unpaired) electrons. The van der Waals surface area contributed by atoms with Crippen LogP contribution in [0.4, 0.5) is 5.69 Å². The zero-order valence-corrected chi connectivity index (χ0v) is 8.01. The highest BCUT2D eigenvalue weighted by Gasteiger charge is 2.12. The molecule has 1 atom stereocenters. The van der Waals surface area contributed by atoms with Crippen LogP contribution in [0.2, 0.25) is 0 Å². The van der Waals surface area contributed by atoms with Gasteiger partial charge in [-0.1, -0.05) is 18.2 Å². The third kappa shape index (κ3) is 2.81. The Balaban J connectivity index is 2.79. The number of para-hydroxylation sites is 1. The van der Waals surface area contributed by atoms with Gasteiger partial charge in [-0.2, -0.15) is 0 Å². The van der Waals surface area contributed by atoms with Crippen LogP contribution >= 0.6 is 0 Å². The van der Waals surface area contributed by atoms with E-state index in [0.717, 1.165) is 0 Å². The second-order valence-corrected chi connectivity index (χ2v) is 3.27. The first-order chi connectivity index (χ1) is 6.61.